The van der Waals surface area contributed by atoms with E-state index >= 15 is 0 Å². The van der Waals surface area contributed by atoms with E-state index in [0.717, 1.165) is 17.7 Å². The van der Waals surface area contributed by atoms with Crippen LogP contribution >= 0.6 is 11.6 Å². The molecule has 102 valence electrons. The number of hydrogen-bond acceptors (Lipinski definition) is 2. The molecule has 0 radical (unpaired) electrons. The lowest BCUT2D eigenvalue weighted by atomic mass is 10.1. The summed E-state index contributed by atoms with van der Waals surface area (Å²) in [5.41, 5.74) is 3.34. The van der Waals surface area contributed by atoms with Crippen molar-refractivity contribution >= 4 is 28.2 Å². The van der Waals surface area contributed by atoms with Gasteiger partial charge in [-0.2, -0.15) is 0 Å². The number of methoxy groups -OCH3 is 1. The highest BCUT2D eigenvalue weighted by Gasteiger charge is 2.02. The van der Waals surface area contributed by atoms with Gasteiger partial charge in [0.25, 0.3) is 0 Å². The quantitative estimate of drug-likeness (QED) is 0.744. The van der Waals surface area contributed by atoms with Crippen LogP contribution in [0.3, 0.4) is 0 Å². The molecule has 0 spiro atoms. The lowest BCUT2D eigenvalue weighted by Gasteiger charge is -2.09. The van der Waals surface area contributed by atoms with E-state index in [1.165, 1.54) is 10.9 Å². The van der Waals surface area contributed by atoms with Crippen LogP contribution in [-0.4, -0.2) is 12.1 Å². The second kappa shape index (κ2) is 5.47. The third kappa shape index (κ3) is 2.58. The van der Waals surface area contributed by atoms with Crippen LogP contribution in [0.25, 0.3) is 10.9 Å². The Hall–Kier alpha value is -2.13. The fourth-order valence-corrected chi connectivity index (χ4v) is 2.44. The number of anilines is 1. The van der Waals surface area contributed by atoms with Gasteiger partial charge in [-0.1, -0.05) is 23.7 Å². The van der Waals surface area contributed by atoms with E-state index in [1.54, 1.807) is 7.11 Å². The number of halogens is 1. The molecule has 0 bridgehead atoms. The summed E-state index contributed by atoms with van der Waals surface area (Å²) < 4.78 is 5.14. The summed E-state index contributed by atoms with van der Waals surface area (Å²) in [5.74, 6) is 0.685. The number of ether oxygens (including phenoxy) is 1. The second-order valence-electron chi connectivity index (χ2n) is 4.60. The predicted molar refractivity (Wildman–Crippen MR) is 83.6 cm³/mol. The molecule has 0 saturated carbocycles. The zero-order valence-corrected chi connectivity index (χ0v) is 11.9. The largest absolute Gasteiger partial charge is 0.495 e. The van der Waals surface area contributed by atoms with E-state index in [2.05, 4.69) is 34.6 Å². The first-order chi connectivity index (χ1) is 9.76. The summed E-state index contributed by atoms with van der Waals surface area (Å²) in [7, 11) is 1.61. The molecule has 0 aliphatic rings. The Bertz CT molecular complexity index is 736. The molecule has 0 aliphatic carbocycles. The molecule has 2 aromatic carbocycles. The van der Waals surface area contributed by atoms with Crippen LogP contribution in [-0.2, 0) is 6.54 Å². The Kier molecular flexibility index (Phi) is 3.52. The number of fused-ring (bicyclic) bond motifs is 1. The summed E-state index contributed by atoms with van der Waals surface area (Å²) in [5, 5.41) is 5.19. The number of aromatic nitrogens is 1. The first-order valence-electron chi connectivity index (χ1n) is 6.40. The topological polar surface area (TPSA) is 37.0 Å². The smallest absolute Gasteiger partial charge is 0.137 e. The number of benzene rings is 2. The highest BCUT2D eigenvalue weighted by Crippen LogP contribution is 2.27. The fourth-order valence-electron chi connectivity index (χ4n) is 2.19. The van der Waals surface area contributed by atoms with Crippen LogP contribution in [0.5, 0.6) is 5.75 Å². The van der Waals surface area contributed by atoms with Crippen molar-refractivity contribution in [3.63, 3.8) is 0 Å². The standard InChI is InChI=1S/C16H15ClN2O/c1-20-16-5-4-13(9-14(16)17)19-10-11-2-3-12-6-7-18-15(12)8-11/h2-9,18-19H,10H2,1H3. The second-order valence-corrected chi connectivity index (χ2v) is 5.01. The summed E-state index contributed by atoms with van der Waals surface area (Å²) >= 11 is 6.10. The summed E-state index contributed by atoms with van der Waals surface area (Å²) in [6.07, 6.45) is 1.95. The lowest BCUT2D eigenvalue weighted by Crippen LogP contribution is -1.99. The monoisotopic (exact) mass is 286 g/mol. The van der Waals surface area contributed by atoms with E-state index in [0.29, 0.717) is 10.8 Å². The SMILES string of the molecule is COc1ccc(NCc2ccc3cc[nH]c3c2)cc1Cl. The molecule has 0 unspecified atom stereocenters. The number of nitrogens with one attached hydrogen (secondary N) is 2. The normalized spacial score (nSPS) is 10.7. The molecule has 0 aliphatic heterocycles. The molecule has 0 saturated heterocycles. The van der Waals surface area contributed by atoms with Crippen molar-refractivity contribution in [3.8, 4) is 5.75 Å². The minimum Gasteiger partial charge on any atom is -0.495 e. The first kappa shape index (κ1) is 12.9. The molecule has 1 aromatic heterocycles. The molecular weight excluding hydrogens is 272 g/mol. The van der Waals surface area contributed by atoms with Gasteiger partial charge in [0.05, 0.1) is 12.1 Å². The maximum Gasteiger partial charge on any atom is 0.137 e. The average Bonchev–Trinajstić information content (AvgIpc) is 2.92. The van der Waals surface area contributed by atoms with Crippen molar-refractivity contribution < 1.29 is 4.74 Å². The highest BCUT2D eigenvalue weighted by atomic mass is 35.5. The molecular formula is C16H15ClN2O. The molecule has 0 atom stereocenters. The van der Waals surface area contributed by atoms with Crippen molar-refractivity contribution in [2.45, 2.75) is 6.54 Å². The Morgan fingerprint density at radius 1 is 1.15 bits per heavy atom. The van der Waals surface area contributed by atoms with Gasteiger partial charge in [0, 0.05) is 23.9 Å². The Morgan fingerprint density at radius 3 is 2.85 bits per heavy atom. The van der Waals surface area contributed by atoms with Crippen LogP contribution in [0, 0.1) is 0 Å². The van der Waals surface area contributed by atoms with E-state index in [4.69, 9.17) is 16.3 Å². The van der Waals surface area contributed by atoms with Gasteiger partial charge in [-0.05, 0) is 41.3 Å². The number of aromatic amines is 1. The zero-order valence-electron chi connectivity index (χ0n) is 11.1. The van der Waals surface area contributed by atoms with Crippen molar-refractivity contribution in [3.05, 3.63) is 59.2 Å². The maximum absolute atomic E-state index is 6.10. The fraction of sp³-hybridized carbons (Fsp3) is 0.125. The minimum atomic E-state index is 0.609. The van der Waals surface area contributed by atoms with Gasteiger partial charge in [-0.3, -0.25) is 0 Å². The van der Waals surface area contributed by atoms with Crippen molar-refractivity contribution in [2.75, 3.05) is 12.4 Å². The molecule has 0 amide bonds. The molecule has 4 heteroatoms. The first-order valence-corrected chi connectivity index (χ1v) is 6.77. The van der Waals surface area contributed by atoms with Gasteiger partial charge in [0.15, 0.2) is 0 Å². The molecule has 0 fully saturated rings. The lowest BCUT2D eigenvalue weighted by molar-refractivity contribution is 0.415. The average molecular weight is 287 g/mol. The van der Waals surface area contributed by atoms with Gasteiger partial charge in [-0.15, -0.1) is 0 Å². The summed E-state index contributed by atoms with van der Waals surface area (Å²) in [6.45, 7) is 0.748. The van der Waals surface area contributed by atoms with Gasteiger partial charge in [0.2, 0.25) is 0 Å². The Balaban J connectivity index is 1.73. The maximum atomic E-state index is 6.10. The molecule has 3 aromatic rings. The Morgan fingerprint density at radius 2 is 2.05 bits per heavy atom. The third-order valence-electron chi connectivity index (χ3n) is 3.27. The van der Waals surface area contributed by atoms with Crippen molar-refractivity contribution in [1.82, 2.24) is 4.98 Å². The predicted octanol–water partition coefficient (Wildman–Crippen LogP) is 4.44. The van der Waals surface area contributed by atoms with Crippen LogP contribution in [0.4, 0.5) is 5.69 Å². The van der Waals surface area contributed by atoms with Crippen molar-refractivity contribution in [1.29, 1.82) is 0 Å². The molecule has 3 nitrogen and oxygen atoms in total. The van der Waals surface area contributed by atoms with E-state index < -0.39 is 0 Å². The van der Waals surface area contributed by atoms with Gasteiger partial charge in [-0.25, -0.2) is 0 Å². The van der Waals surface area contributed by atoms with Gasteiger partial charge < -0.3 is 15.0 Å². The molecule has 1 heterocycles. The van der Waals surface area contributed by atoms with Gasteiger partial charge >= 0.3 is 0 Å². The van der Waals surface area contributed by atoms with Crippen LogP contribution < -0.4 is 10.1 Å². The summed E-state index contributed by atoms with van der Waals surface area (Å²) in [4.78, 5) is 3.22. The number of rotatable bonds is 4. The van der Waals surface area contributed by atoms with E-state index in [9.17, 15) is 0 Å². The molecule has 2 N–H and O–H groups in total. The third-order valence-corrected chi connectivity index (χ3v) is 3.56. The Labute approximate surface area is 122 Å². The van der Waals surface area contributed by atoms with E-state index in [-0.39, 0.29) is 0 Å². The zero-order chi connectivity index (χ0) is 13.9. The van der Waals surface area contributed by atoms with Crippen LogP contribution in [0.2, 0.25) is 5.02 Å². The van der Waals surface area contributed by atoms with Gasteiger partial charge in [0.1, 0.15) is 5.75 Å². The molecule has 3 rings (SSSR count). The number of hydrogen-bond donors (Lipinski definition) is 2. The number of H-pyrrole nitrogens is 1. The molecule has 20 heavy (non-hydrogen) atoms. The van der Waals surface area contributed by atoms with Crippen LogP contribution in [0.15, 0.2) is 48.7 Å². The van der Waals surface area contributed by atoms with Crippen LogP contribution in [0.1, 0.15) is 5.56 Å². The van der Waals surface area contributed by atoms with Crippen molar-refractivity contribution in [2.24, 2.45) is 0 Å². The van der Waals surface area contributed by atoms with E-state index in [1.807, 2.05) is 24.4 Å². The minimum absolute atomic E-state index is 0.609. The summed E-state index contributed by atoms with van der Waals surface area (Å²) in [6, 6.07) is 14.1. The highest BCUT2D eigenvalue weighted by molar-refractivity contribution is 6.32.